The van der Waals surface area contributed by atoms with Gasteiger partial charge in [0.1, 0.15) is 0 Å². The van der Waals surface area contributed by atoms with E-state index in [2.05, 4.69) is 10.3 Å². The molecule has 0 saturated carbocycles. The minimum absolute atomic E-state index is 0.104. The molecule has 114 valence electrons. The second-order valence-electron chi connectivity index (χ2n) is 5.84. The SMILES string of the molecule is CC(C)(CNC(=O)Cc1c[nH]c2ccccc12)S(C)(=O)=O. The largest absolute Gasteiger partial charge is 0.361 e. The molecule has 2 aromatic rings. The number of carbonyl (C=O) groups is 1. The van der Waals surface area contributed by atoms with Gasteiger partial charge in [-0.15, -0.1) is 0 Å². The highest BCUT2D eigenvalue weighted by atomic mass is 32.2. The molecule has 0 spiro atoms. The molecule has 5 nitrogen and oxygen atoms in total. The van der Waals surface area contributed by atoms with Gasteiger partial charge in [0.2, 0.25) is 5.91 Å². The molecule has 1 amide bonds. The van der Waals surface area contributed by atoms with Crippen LogP contribution in [0.3, 0.4) is 0 Å². The molecular formula is C15H20N2O3S. The van der Waals surface area contributed by atoms with Gasteiger partial charge in [-0.25, -0.2) is 8.42 Å². The Bertz CT molecular complexity index is 760. The average molecular weight is 308 g/mol. The van der Waals surface area contributed by atoms with Crippen molar-refractivity contribution in [1.29, 1.82) is 0 Å². The lowest BCUT2D eigenvalue weighted by Gasteiger charge is -2.22. The van der Waals surface area contributed by atoms with Crippen molar-refractivity contribution in [3.8, 4) is 0 Å². The number of rotatable bonds is 5. The highest BCUT2D eigenvalue weighted by molar-refractivity contribution is 7.92. The Hall–Kier alpha value is -1.82. The zero-order valence-electron chi connectivity index (χ0n) is 12.4. The van der Waals surface area contributed by atoms with E-state index in [0.29, 0.717) is 0 Å². The topological polar surface area (TPSA) is 79.0 Å². The van der Waals surface area contributed by atoms with Crippen LogP contribution >= 0.6 is 0 Å². The number of nitrogens with one attached hydrogen (secondary N) is 2. The summed E-state index contributed by atoms with van der Waals surface area (Å²) in [5.74, 6) is -0.184. The fraction of sp³-hybridized carbons (Fsp3) is 0.400. The van der Waals surface area contributed by atoms with Crippen LogP contribution in [0.5, 0.6) is 0 Å². The lowest BCUT2D eigenvalue weighted by Crippen LogP contribution is -2.44. The normalized spacial score (nSPS) is 12.5. The number of sulfone groups is 1. The molecule has 0 aliphatic rings. The minimum Gasteiger partial charge on any atom is -0.361 e. The monoisotopic (exact) mass is 308 g/mol. The van der Waals surface area contributed by atoms with Crippen molar-refractivity contribution in [2.75, 3.05) is 12.8 Å². The standard InChI is InChI=1S/C15H20N2O3S/c1-15(2,21(3,19)20)10-17-14(18)8-11-9-16-13-7-5-4-6-12(11)13/h4-7,9,16H,8,10H2,1-3H3,(H,17,18). The summed E-state index contributed by atoms with van der Waals surface area (Å²) in [6.45, 7) is 3.32. The van der Waals surface area contributed by atoms with Crippen LogP contribution in [0.25, 0.3) is 10.9 Å². The molecular weight excluding hydrogens is 288 g/mol. The molecule has 0 bridgehead atoms. The number of hydrogen-bond donors (Lipinski definition) is 2. The van der Waals surface area contributed by atoms with E-state index in [1.165, 1.54) is 6.26 Å². The van der Waals surface area contributed by atoms with Crippen molar-refractivity contribution in [3.63, 3.8) is 0 Å². The van der Waals surface area contributed by atoms with Crippen LogP contribution in [0.1, 0.15) is 19.4 Å². The fourth-order valence-electron chi connectivity index (χ4n) is 1.96. The van der Waals surface area contributed by atoms with E-state index in [0.717, 1.165) is 16.5 Å². The minimum atomic E-state index is -3.22. The van der Waals surface area contributed by atoms with Gasteiger partial charge in [0.25, 0.3) is 0 Å². The van der Waals surface area contributed by atoms with Crippen LogP contribution in [0.4, 0.5) is 0 Å². The number of fused-ring (bicyclic) bond motifs is 1. The van der Waals surface area contributed by atoms with Crippen molar-refractivity contribution in [2.24, 2.45) is 0 Å². The second-order valence-corrected chi connectivity index (χ2v) is 8.49. The first-order valence-corrected chi connectivity index (χ1v) is 8.61. The van der Waals surface area contributed by atoms with Crippen LogP contribution in [-0.2, 0) is 21.1 Å². The summed E-state index contributed by atoms with van der Waals surface area (Å²) in [4.78, 5) is 15.1. The summed E-state index contributed by atoms with van der Waals surface area (Å²) < 4.78 is 22.2. The second kappa shape index (κ2) is 5.52. The number of benzene rings is 1. The van der Waals surface area contributed by atoms with Crippen molar-refractivity contribution in [2.45, 2.75) is 25.0 Å². The molecule has 0 unspecified atom stereocenters. The van der Waals surface area contributed by atoms with E-state index in [4.69, 9.17) is 0 Å². The van der Waals surface area contributed by atoms with Gasteiger partial charge < -0.3 is 10.3 Å². The molecule has 1 heterocycles. The number of para-hydroxylation sites is 1. The third-order valence-corrected chi connectivity index (χ3v) is 5.89. The van der Waals surface area contributed by atoms with Gasteiger partial charge in [0, 0.05) is 29.9 Å². The van der Waals surface area contributed by atoms with Crippen LogP contribution in [0, 0.1) is 0 Å². The Balaban J connectivity index is 2.03. The van der Waals surface area contributed by atoms with Crippen LogP contribution in [0.2, 0.25) is 0 Å². The van der Waals surface area contributed by atoms with Gasteiger partial charge in [-0.3, -0.25) is 4.79 Å². The number of aromatic nitrogens is 1. The zero-order chi connectivity index (χ0) is 15.7. The van der Waals surface area contributed by atoms with Crippen molar-refractivity contribution in [3.05, 3.63) is 36.0 Å². The van der Waals surface area contributed by atoms with Gasteiger partial charge >= 0.3 is 0 Å². The molecule has 1 aromatic heterocycles. The number of H-pyrrole nitrogens is 1. The van der Waals surface area contributed by atoms with Crippen LogP contribution < -0.4 is 5.32 Å². The Morgan fingerprint density at radius 3 is 2.62 bits per heavy atom. The molecule has 0 fully saturated rings. The summed E-state index contributed by atoms with van der Waals surface area (Å²) in [5, 5.41) is 3.71. The number of carbonyl (C=O) groups excluding carboxylic acids is 1. The summed E-state index contributed by atoms with van der Waals surface area (Å²) in [6.07, 6.45) is 3.22. The maximum atomic E-state index is 12.0. The first kappa shape index (κ1) is 15.6. The predicted molar refractivity (Wildman–Crippen MR) is 83.9 cm³/mol. The molecule has 0 aliphatic heterocycles. The highest BCUT2D eigenvalue weighted by Crippen LogP contribution is 2.18. The summed E-state index contributed by atoms with van der Waals surface area (Å²) in [7, 11) is -3.22. The first-order valence-electron chi connectivity index (χ1n) is 6.72. The predicted octanol–water partition coefficient (Wildman–Crippen LogP) is 1.65. The smallest absolute Gasteiger partial charge is 0.224 e. The third kappa shape index (κ3) is 3.44. The number of aromatic amines is 1. The van der Waals surface area contributed by atoms with Gasteiger partial charge in [-0.05, 0) is 25.5 Å². The average Bonchev–Trinajstić information content (AvgIpc) is 2.79. The fourth-order valence-corrected chi connectivity index (χ4v) is 2.29. The number of hydrogen-bond acceptors (Lipinski definition) is 3. The summed E-state index contributed by atoms with van der Waals surface area (Å²) >= 11 is 0. The lowest BCUT2D eigenvalue weighted by atomic mass is 10.1. The zero-order valence-corrected chi connectivity index (χ0v) is 13.3. The van der Waals surface area contributed by atoms with Gasteiger partial charge in [0.05, 0.1) is 11.2 Å². The first-order chi connectivity index (χ1) is 9.71. The van der Waals surface area contributed by atoms with E-state index in [1.807, 2.05) is 30.5 Å². The van der Waals surface area contributed by atoms with E-state index in [-0.39, 0.29) is 18.9 Å². The highest BCUT2D eigenvalue weighted by Gasteiger charge is 2.30. The number of amides is 1. The third-order valence-electron chi connectivity index (χ3n) is 3.74. The maximum Gasteiger partial charge on any atom is 0.224 e. The summed E-state index contributed by atoms with van der Waals surface area (Å²) in [5.41, 5.74) is 1.89. The van der Waals surface area contributed by atoms with Crippen molar-refractivity contribution >= 4 is 26.6 Å². The quantitative estimate of drug-likeness (QED) is 0.881. The van der Waals surface area contributed by atoms with Crippen LogP contribution in [-0.4, -0.2) is 36.9 Å². The molecule has 2 N–H and O–H groups in total. The van der Waals surface area contributed by atoms with E-state index >= 15 is 0 Å². The Morgan fingerprint density at radius 1 is 1.29 bits per heavy atom. The maximum absolute atomic E-state index is 12.0. The Morgan fingerprint density at radius 2 is 1.95 bits per heavy atom. The Kier molecular flexibility index (Phi) is 4.09. The van der Waals surface area contributed by atoms with Crippen LogP contribution in [0.15, 0.2) is 30.5 Å². The van der Waals surface area contributed by atoms with E-state index < -0.39 is 14.6 Å². The van der Waals surface area contributed by atoms with Crippen molar-refractivity contribution < 1.29 is 13.2 Å². The molecule has 0 saturated heterocycles. The molecule has 6 heteroatoms. The molecule has 0 radical (unpaired) electrons. The van der Waals surface area contributed by atoms with Crippen molar-refractivity contribution in [1.82, 2.24) is 10.3 Å². The molecule has 1 aromatic carbocycles. The van der Waals surface area contributed by atoms with Gasteiger partial charge in [0.15, 0.2) is 9.84 Å². The van der Waals surface area contributed by atoms with Gasteiger partial charge in [-0.1, -0.05) is 18.2 Å². The molecule has 0 aliphatic carbocycles. The van der Waals surface area contributed by atoms with E-state index in [9.17, 15) is 13.2 Å². The summed E-state index contributed by atoms with van der Waals surface area (Å²) in [6, 6.07) is 7.75. The molecule has 0 atom stereocenters. The van der Waals surface area contributed by atoms with Gasteiger partial charge in [-0.2, -0.15) is 0 Å². The Labute approximate surface area is 124 Å². The lowest BCUT2D eigenvalue weighted by molar-refractivity contribution is -0.120. The molecule has 21 heavy (non-hydrogen) atoms. The van der Waals surface area contributed by atoms with E-state index in [1.54, 1.807) is 13.8 Å². The molecule has 2 rings (SSSR count).